The standard InChI is InChI=1S/C23H30FN3O3/c24-18-1-2-22(30-20-5-9-28-10-6-20)21(11-18)17-3-7-27(8-4-17)19-12-23(29-13-19)14-26(15-23)16-25/h1-2,11,17,19-20H,3-10,12-15H2/t19-/m0/s1. The molecule has 0 unspecified atom stereocenters. The van der Waals surface area contributed by atoms with Crippen molar-refractivity contribution in [1.29, 1.82) is 5.26 Å². The highest BCUT2D eigenvalue weighted by Crippen LogP contribution is 2.40. The van der Waals surface area contributed by atoms with Crippen LogP contribution in [0.15, 0.2) is 18.2 Å². The van der Waals surface area contributed by atoms with Crippen LogP contribution in [-0.2, 0) is 9.47 Å². The van der Waals surface area contributed by atoms with E-state index in [0.29, 0.717) is 12.0 Å². The van der Waals surface area contributed by atoms with Crippen LogP contribution in [-0.4, -0.2) is 73.5 Å². The van der Waals surface area contributed by atoms with Crippen LogP contribution < -0.4 is 4.74 Å². The van der Waals surface area contributed by atoms with Crippen LogP contribution in [0.4, 0.5) is 4.39 Å². The number of hydrogen-bond donors (Lipinski definition) is 0. The third kappa shape index (κ3) is 4.01. The van der Waals surface area contributed by atoms with E-state index in [1.807, 2.05) is 0 Å². The Kier molecular flexibility index (Phi) is 5.57. The number of ether oxygens (including phenoxy) is 3. The lowest BCUT2D eigenvalue weighted by molar-refractivity contribution is -0.0885. The Morgan fingerprint density at radius 2 is 1.90 bits per heavy atom. The lowest BCUT2D eigenvalue weighted by atomic mass is 9.86. The molecule has 4 heterocycles. The van der Waals surface area contributed by atoms with Gasteiger partial charge in [0.1, 0.15) is 23.3 Å². The molecule has 0 amide bonds. The minimum absolute atomic E-state index is 0.107. The van der Waals surface area contributed by atoms with Gasteiger partial charge in [0.2, 0.25) is 0 Å². The Labute approximate surface area is 177 Å². The Hall–Kier alpha value is -1.88. The maximum Gasteiger partial charge on any atom is 0.179 e. The SMILES string of the molecule is N#CN1CC2(C[C@H](N3CCC(c4cc(F)ccc4OC4CCOCC4)CC3)CO2)C1. The third-order valence-electron chi connectivity index (χ3n) is 7.21. The molecule has 0 aromatic heterocycles. The Balaban J connectivity index is 1.20. The van der Waals surface area contributed by atoms with Gasteiger partial charge in [0.05, 0.1) is 32.9 Å². The molecule has 0 bridgehead atoms. The van der Waals surface area contributed by atoms with Gasteiger partial charge in [0.15, 0.2) is 6.19 Å². The molecule has 162 valence electrons. The summed E-state index contributed by atoms with van der Waals surface area (Å²) in [6, 6.07) is 5.41. The number of hydrogen-bond acceptors (Lipinski definition) is 6. The summed E-state index contributed by atoms with van der Waals surface area (Å²) < 4.78 is 31.9. The number of nitriles is 1. The molecule has 0 N–H and O–H groups in total. The molecule has 4 aliphatic rings. The highest BCUT2D eigenvalue weighted by molar-refractivity contribution is 5.37. The lowest BCUT2D eigenvalue weighted by Gasteiger charge is -2.44. The molecule has 5 rings (SSSR count). The van der Waals surface area contributed by atoms with Crippen LogP contribution in [0, 0.1) is 17.3 Å². The molecule has 30 heavy (non-hydrogen) atoms. The highest BCUT2D eigenvalue weighted by atomic mass is 19.1. The van der Waals surface area contributed by atoms with Gasteiger partial charge in [-0.05, 0) is 56.5 Å². The lowest BCUT2D eigenvalue weighted by Crippen LogP contribution is -2.59. The van der Waals surface area contributed by atoms with Gasteiger partial charge >= 0.3 is 0 Å². The second-order valence-corrected chi connectivity index (χ2v) is 9.23. The topological polar surface area (TPSA) is 58.0 Å². The van der Waals surface area contributed by atoms with Crippen molar-refractivity contribution in [2.24, 2.45) is 0 Å². The van der Waals surface area contributed by atoms with E-state index in [1.165, 1.54) is 6.07 Å². The van der Waals surface area contributed by atoms with Crippen LogP contribution in [0.25, 0.3) is 0 Å². The summed E-state index contributed by atoms with van der Waals surface area (Å²) in [5.74, 6) is 0.974. The van der Waals surface area contributed by atoms with Crippen molar-refractivity contribution in [3.8, 4) is 11.9 Å². The van der Waals surface area contributed by atoms with Gasteiger partial charge in [-0.15, -0.1) is 0 Å². The summed E-state index contributed by atoms with van der Waals surface area (Å²) in [4.78, 5) is 4.29. The second kappa shape index (κ2) is 8.33. The van der Waals surface area contributed by atoms with E-state index >= 15 is 0 Å². The van der Waals surface area contributed by atoms with E-state index in [0.717, 1.165) is 89.4 Å². The van der Waals surface area contributed by atoms with E-state index in [4.69, 9.17) is 19.5 Å². The van der Waals surface area contributed by atoms with Crippen molar-refractivity contribution in [3.63, 3.8) is 0 Å². The van der Waals surface area contributed by atoms with Crippen molar-refractivity contribution in [2.75, 3.05) is 46.0 Å². The van der Waals surface area contributed by atoms with E-state index in [9.17, 15) is 4.39 Å². The highest BCUT2D eigenvalue weighted by Gasteiger charge is 2.51. The molecular weight excluding hydrogens is 385 g/mol. The van der Waals surface area contributed by atoms with Gasteiger partial charge in [-0.1, -0.05) is 0 Å². The van der Waals surface area contributed by atoms with Gasteiger partial charge in [-0.25, -0.2) is 4.39 Å². The van der Waals surface area contributed by atoms with Crippen LogP contribution >= 0.6 is 0 Å². The van der Waals surface area contributed by atoms with Gasteiger partial charge < -0.3 is 19.1 Å². The average Bonchev–Trinajstić information content (AvgIpc) is 3.20. The summed E-state index contributed by atoms with van der Waals surface area (Å²) in [6.45, 7) is 5.66. The van der Waals surface area contributed by atoms with Crippen molar-refractivity contribution < 1.29 is 18.6 Å². The zero-order valence-electron chi connectivity index (χ0n) is 17.4. The first-order valence-electron chi connectivity index (χ1n) is 11.2. The zero-order valence-corrected chi connectivity index (χ0v) is 17.4. The van der Waals surface area contributed by atoms with Crippen molar-refractivity contribution >= 4 is 0 Å². The molecule has 1 atom stereocenters. The number of rotatable bonds is 4. The van der Waals surface area contributed by atoms with E-state index < -0.39 is 0 Å². The average molecular weight is 416 g/mol. The monoisotopic (exact) mass is 415 g/mol. The molecule has 4 fully saturated rings. The minimum atomic E-state index is -0.190. The maximum absolute atomic E-state index is 14.1. The molecule has 6 nitrogen and oxygen atoms in total. The quantitative estimate of drug-likeness (QED) is 0.705. The number of nitrogens with zero attached hydrogens (tertiary/aromatic N) is 3. The number of piperidine rings is 1. The molecule has 0 aliphatic carbocycles. The van der Waals surface area contributed by atoms with Gasteiger partial charge in [0, 0.05) is 24.4 Å². The smallest absolute Gasteiger partial charge is 0.179 e. The predicted octanol–water partition coefficient (Wildman–Crippen LogP) is 2.89. The van der Waals surface area contributed by atoms with Crippen LogP contribution in [0.3, 0.4) is 0 Å². The van der Waals surface area contributed by atoms with Gasteiger partial charge in [-0.2, -0.15) is 5.26 Å². The first-order chi connectivity index (χ1) is 14.6. The Morgan fingerprint density at radius 3 is 2.63 bits per heavy atom. The molecule has 4 saturated heterocycles. The normalized spacial score (nSPS) is 27.7. The molecule has 0 saturated carbocycles. The fraction of sp³-hybridized carbons (Fsp3) is 0.696. The van der Waals surface area contributed by atoms with Crippen molar-refractivity contribution in [3.05, 3.63) is 29.6 Å². The van der Waals surface area contributed by atoms with Gasteiger partial charge in [0.25, 0.3) is 0 Å². The molecule has 1 spiro atoms. The summed E-state index contributed by atoms with van der Waals surface area (Å²) in [6.07, 6.45) is 7.15. The van der Waals surface area contributed by atoms with Crippen molar-refractivity contribution in [2.45, 2.75) is 55.8 Å². The summed E-state index contributed by atoms with van der Waals surface area (Å²) in [5.41, 5.74) is 0.911. The van der Waals surface area contributed by atoms with Gasteiger partial charge in [-0.3, -0.25) is 4.90 Å². The fourth-order valence-corrected chi connectivity index (χ4v) is 5.49. The molecule has 1 aromatic carbocycles. The van der Waals surface area contributed by atoms with Crippen LogP contribution in [0.1, 0.15) is 43.6 Å². The van der Waals surface area contributed by atoms with E-state index in [-0.39, 0.29) is 17.5 Å². The molecule has 1 aromatic rings. The van der Waals surface area contributed by atoms with E-state index in [1.54, 1.807) is 17.0 Å². The maximum atomic E-state index is 14.1. The molecule has 4 aliphatic heterocycles. The number of benzene rings is 1. The molecule has 0 radical (unpaired) electrons. The Bertz CT molecular complexity index is 793. The van der Waals surface area contributed by atoms with E-state index in [2.05, 4.69) is 11.1 Å². The summed E-state index contributed by atoms with van der Waals surface area (Å²) in [5, 5.41) is 8.99. The van der Waals surface area contributed by atoms with Crippen LogP contribution in [0.2, 0.25) is 0 Å². The molecule has 7 heteroatoms. The molecular formula is C23H30FN3O3. The third-order valence-corrected chi connectivity index (χ3v) is 7.21. The first-order valence-corrected chi connectivity index (χ1v) is 11.2. The largest absolute Gasteiger partial charge is 0.490 e. The predicted molar refractivity (Wildman–Crippen MR) is 109 cm³/mol. The summed E-state index contributed by atoms with van der Waals surface area (Å²) >= 11 is 0. The van der Waals surface area contributed by atoms with Crippen molar-refractivity contribution in [1.82, 2.24) is 9.80 Å². The zero-order chi connectivity index (χ0) is 20.6. The second-order valence-electron chi connectivity index (χ2n) is 9.23. The first kappa shape index (κ1) is 20.0. The number of halogens is 1. The number of likely N-dealkylation sites (tertiary alicyclic amines) is 2. The van der Waals surface area contributed by atoms with Crippen LogP contribution in [0.5, 0.6) is 5.75 Å². The Morgan fingerprint density at radius 1 is 1.13 bits per heavy atom. The summed E-state index contributed by atoms with van der Waals surface area (Å²) in [7, 11) is 0. The minimum Gasteiger partial charge on any atom is -0.490 e. The fourth-order valence-electron chi connectivity index (χ4n) is 5.49.